The van der Waals surface area contributed by atoms with E-state index in [4.69, 9.17) is 0 Å². The SMILES string of the molecule is Cc1cc(F)cnc1N1CCN(C(=O)CCCc2cccc3ncccc23)CC1C. The summed E-state index contributed by atoms with van der Waals surface area (Å²) >= 11 is 0. The lowest BCUT2D eigenvalue weighted by Crippen LogP contribution is -2.54. The van der Waals surface area contributed by atoms with E-state index in [1.54, 1.807) is 6.20 Å². The minimum absolute atomic E-state index is 0.142. The first kappa shape index (κ1) is 20.3. The molecule has 156 valence electrons. The largest absolute Gasteiger partial charge is 0.350 e. The fraction of sp³-hybridized carbons (Fsp3) is 0.375. The zero-order chi connectivity index (χ0) is 21.1. The lowest BCUT2D eigenvalue weighted by Gasteiger charge is -2.41. The second-order valence-electron chi connectivity index (χ2n) is 8.02. The number of aromatic nitrogens is 2. The van der Waals surface area contributed by atoms with Gasteiger partial charge in [0.15, 0.2) is 0 Å². The summed E-state index contributed by atoms with van der Waals surface area (Å²) in [6.45, 7) is 6.00. The predicted molar refractivity (Wildman–Crippen MR) is 117 cm³/mol. The summed E-state index contributed by atoms with van der Waals surface area (Å²) in [7, 11) is 0. The molecule has 0 radical (unpaired) electrons. The van der Waals surface area contributed by atoms with E-state index < -0.39 is 0 Å². The lowest BCUT2D eigenvalue weighted by atomic mass is 10.0. The molecule has 1 unspecified atom stereocenters. The number of benzene rings is 1. The third-order valence-corrected chi connectivity index (χ3v) is 5.84. The quantitative estimate of drug-likeness (QED) is 0.639. The van der Waals surface area contributed by atoms with Crippen LogP contribution in [0.3, 0.4) is 0 Å². The van der Waals surface area contributed by atoms with Gasteiger partial charge in [0.25, 0.3) is 0 Å². The van der Waals surface area contributed by atoms with E-state index in [-0.39, 0.29) is 17.8 Å². The summed E-state index contributed by atoms with van der Waals surface area (Å²) < 4.78 is 13.4. The number of carbonyl (C=O) groups excluding carboxylic acids is 1. The lowest BCUT2D eigenvalue weighted by molar-refractivity contribution is -0.132. The molecule has 0 N–H and O–H groups in total. The molecule has 0 saturated carbocycles. The van der Waals surface area contributed by atoms with Crippen LogP contribution in [0.25, 0.3) is 10.9 Å². The van der Waals surface area contributed by atoms with E-state index in [2.05, 4.69) is 33.9 Å². The van der Waals surface area contributed by atoms with E-state index >= 15 is 0 Å². The van der Waals surface area contributed by atoms with Crippen molar-refractivity contribution in [3.05, 3.63) is 65.7 Å². The molecule has 1 atom stereocenters. The van der Waals surface area contributed by atoms with Gasteiger partial charge in [0, 0.05) is 43.7 Å². The molecule has 3 aromatic rings. The van der Waals surface area contributed by atoms with Crippen LogP contribution in [-0.4, -0.2) is 46.5 Å². The molecule has 1 aromatic carbocycles. The summed E-state index contributed by atoms with van der Waals surface area (Å²) in [5, 5.41) is 1.16. The Morgan fingerprint density at radius 3 is 2.87 bits per heavy atom. The van der Waals surface area contributed by atoms with Gasteiger partial charge in [-0.05, 0) is 56.0 Å². The predicted octanol–water partition coefficient (Wildman–Crippen LogP) is 4.14. The summed E-state index contributed by atoms with van der Waals surface area (Å²) in [6.07, 6.45) is 5.29. The first-order valence-electron chi connectivity index (χ1n) is 10.5. The fourth-order valence-electron chi connectivity index (χ4n) is 4.31. The van der Waals surface area contributed by atoms with Gasteiger partial charge < -0.3 is 9.80 Å². The number of aryl methyl sites for hydroxylation is 2. The molecule has 4 rings (SSSR count). The minimum Gasteiger partial charge on any atom is -0.350 e. The monoisotopic (exact) mass is 406 g/mol. The molecule has 6 heteroatoms. The number of rotatable bonds is 5. The number of piperazine rings is 1. The van der Waals surface area contributed by atoms with Crippen LogP contribution in [0.15, 0.2) is 48.8 Å². The van der Waals surface area contributed by atoms with Crippen molar-refractivity contribution in [3.63, 3.8) is 0 Å². The standard InChI is InChI=1S/C24H27FN4O/c1-17-14-20(25)15-27-24(17)29-13-12-28(16-18(29)2)23(30)10-4-7-19-6-3-9-22-21(19)8-5-11-26-22/h3,5-6,8-9,11,14-15,18H,4,7,10,12-13,16H2,1-2H3. The van der Waals surface area contributed by atoms with E-state index in [0.717, 1.165) is 35.1 Å². The Hall–Kier alpha value is -3.02. The Kier molecular flexibility index (Phi) is 5.93. The molecule has 30 heavy (non-hydrogen) atoms. The number of nitrogens with zero attached hydrogens (tertiary/aromatic N) is 4. The number of pyridine rings is 2. The number of fused-ring (bicyclic) bond motifs is 1. The first-order valence-corrected chi connectivity index (χ1v) is 10.5. The molecule has 1 saturated heterocycles. The number of hydrogen-bond acceptors (Lipinski definition) is 4. The van der Waals surface area contributed by atoms with Gasteiger partial charge in [0.2, 0.25) is 5.91 Å². The van der Waals surface area contributed by atoms with Gasteiger partial charge in [0.1, 0.15) is 11.6 Å². The van der Waals surface area contributed by atoms with Crippen molar-refractivity contribution in [2.75, 3.05) is 24.5 Å². The Bertz CT molecular complexity index is 1050. The number of anilines is 1. The number of amides is 1. The second-order valence-corrected chi connectivity index (χ2v) is 8.02. The molecule has 1 aliphatic rings. The molecule has 1 amide bonds. The Balaban J connectivity index is 1.33. The van der Waals surface area contributed by atoms with Crippen LogP contribution in [0, 0.1) is 12.7 Å². The number of halogens is 1. The second kappa shape index (κ2) is 8.78. The molecule has 2 aromatic heterocycles. The average molecular weight is 407 g/mol. The van der Waals surface area contributed by atoms with Crippen LogP contribution in [0.4, 0.5) is 10.2 Å². The maximum absolute atomic E-state index is 13.4. The molecule has 0 spiro atoms. The fourth-order valence-corrected chi connectivity index (χ4v) is 4.31. The smallest absolute Gasteiger partial charge is 0.222 e. The molecule has 0 bridgehead atoms. The Labute approximate surface area is 176 Å². The van der Waals surface area contributed by atoms with Crippen LogP contribution in [0.2, 0.25) is 0 Å². The molecule has 1 fully saturated rings. The van der Waals surface area contributed by atoms with Gasteiger partial charge in [-0.1, -0.05) is 18.2 Å². The normalized spacial score (nSPS) is 16.8. The van der Waals surface area contributed by atoms with Crippen LogP contribution >= 0.6 is 0 Å². The minimum atomic E-state index is -0.320. The maximum atomic E-state index is 13.4. The zero-order valence-corrected chi connectivity index (χ0v) is 17.5. The van der Waals surface area contributed by atoms with Gasteiger partial charge in [-0.3, -0.25) is 9.78 Å². The average Bonchev–Trinajstić information content (AvgIpc) is 2.74. The van der Waals surface area contributed by atoms with Crippen molar-refractivity contribution in [1.29, 1.82) is 0 Å². The zero-order valence-electron chi connectivity index (χ0n) is 17.5. The van der Waals surface area contributed by atoms with Crippen LogP contribution in [0.1, 0.15) is 30.9 Å². The molecule has 0 aliphatic carbocycles. The first-order chi connectivity index (χ1) is 14.5. The van der Waals surface area contributed by atoms with Crippen LogP contribution < -0.4 is 4.90 Å². The molecule has 5 nitrogen and oxygen atoms in total. The van der Waals surface area contributed by atoms with Crippen LogP contribution in [0.5, 0.6) is 0 Å². The highest BCUT2D eigenvalue weighted by Gasteiger charge is 2.28. The van der Waals surface area contributed by atoms with Gasteiger partial charge in [-0.2, -0.15) is 0 Å². The highest BCUT2D eigenvalue weighted by molar-refractivity contribution is 5.82. The van der Waals surface area contributed by atoms with Gasteiger partial charge in [-0.15, -0.1) is 0 Å². The summed E-state index contributed by atoms with van der Waals surface area (Å²) in [6, 6.07) is 11.9. The van der Waals surface area contributed by atoms with Gasteiger partial charge in [-0.25, -0.2) is 9.37 Å². The highest BCUT2D eigenvalue weighted by Crippen LogP contribution is 2.23. The van der Waals surface area contributed by atoms with Crippen molar-refractivity contribution in [3.8, 4) is 0 Å². The van der Waals surface area contributed by atoms with Gasteiger partial charge in [0.05, 0.1) is 11.7 Å². The number of hydrogen-bond donors (Lipinski definition) is 0. The van der Waals surface area contributed by atoms with Crippen molar-refractivity contribution in [1.82, 2.24) is 14.9 Å². The molecule has 3 heterocycles. The molecular formula is C24H27FN4O. The van der Waals surface area contributed by atoms with E-state index in [1.165, 1.54) is 17.8 Å². The maximum Gasteiger partial charge on any atom is 0.222 e. The topological polar surface area (TPSA) is 49.3 Å². The Morgan fingerprint density at radius 1 is 1.20 bits per heavy atom. The summed E-state index contributed by atoms with van der Waals surface area (Å²) in [5.41, 5.74) is 3.06. The summed E-state index contributed by atoms with van der Waals surface area (Å²) in [4.78, 5) is 25.6. The Morgan fingerprint density at radius 2 is 2.07 bits per heavy atom. The van der Waals surface area contributed by atoms with Crippen molar-refractivity contribution in [2.45, 2.75) is 39.2 Å². The van der Waals surface area contributed by atoms with E-state index in [1.807, 2.05) is 30.0 Å². The highest BCUT2D eigenvalue weighted by atomic mass is 19.1. The van der Waals surface area contributed by atoms with Crippen molar-refractivity contribution in [2.24, 2.45) is 0 Å². The van der Waals surface area contributed by atoms with Gasteiger partial charge >= 0.3 is 0 Å². The third-order valence-electron chi connectivity index (χ3n) is 5.84. The van der Waals surface area contributed by atoms with E-state index in [9.17, 15) is 9.18 Å². The van der Waals surface area contributed by atoms with Crippen molar-refractivity contribution < 1.29 is 9.18 Å². The van der Waals surface area contributed by atoms with Crippen LogP contribution in [-0.2, 0) is 11.2 Å². The third kappa shape index (κ3) is 4.27. The molecular weight excluding hydrogens is 379 g/mol. The molecule has 1 aliphatic heterocycles. The van der Waals surface area contributed by atoms with Crippen molar-refractivity contribution >= 4 is 22.6 Å². The number of carbonyl (C=O) groups is 1. The van der Waals surface area contributed by atoms with E-state index in [0.29, 0.717) is 26.1 Å². The summed E-state index contributed by atoms with van der Waals surface area (Å²) in [5.74, 6) is 0.684.